The first-order valence-corrected chi connectivity index (χ1v) is 6.99. The minimum absolute atomic E-state index is 0.0707. The fourth-order valence-corrected chi connectivity index (χ4v) is 3.36. The van der Waals surface area contributed by atoms with E-state index in [4.69, 9.17) is 28.3 Å². The summed E-state index contributed by atoms with van der Waals surface area (Å²) in [5.74, 6) is -0.185. The molecular formula is C13H12Cl2N2O3. The Hall–Kier alpha value is -1.46. The molecule has 1 N–H and O–H groups in total. The Morgan fingerprint density at radius 3 is 2.40 bits per heavy atom. The van der Waals surface area contributed by atoms with Crippen molar-refractivity contribution >= 4 is 35.2 Å². The van der Waals surface area contributed by atoms with E-state index in [1.165, 1.54) is 4.90 Å². The van der Waals surface area contributed by atoms with Crippen LogP contribution < -0.4 is 0 Å². The number of carbonyl (C=O) groups is 2. The summed E-state index contributed by atoms with van der Waals surface area (Å²) in [5.41, 5.74) is 0.369. The Morgan fingerprint density at radius 2 is 1.80 bits per heavy atom. The van der Waals surface area contributed by atoms with Gasteiger partial charge < -0.3 is 14.9 Å². The Morgan fingerprint density at radius 1 is 1.15 bits per heavy atom. The van der Waals surface area contributed by atoms with Gasteiger partial charge in [-0.2, -0.15) is 0 Å². The number of carboxylic acid groups (broad SMARTS) is 1. The average molecular weight is 315 g/mol. The molecule has 2 amide bonds. The van der Waals surface area contributed by atoms with Gasteiger partial charge in [0.25, 0.3) is 5.91 Å². The summed E-state index contributed by atoms with van der Waals surface area (Å²) in [6, 6.07) is 4.76. The minimum Gasteiger partial charge on any atom is -0.465 e. The van der Waals surface area contributed by atoms with Crippen molar-refractivity contribution in [2.75, 3.05) is 13.1 Å². The van der Waals surface area contributed by atoms with E-state index in [1.807, 2.05) is 0 Å². The second-order valence-electron chi connectivity index (χ2n) is 5.04. The lowest BCUT2D eigenvalue weighted by Gasteiger charge is -2.32. The molecule has 0 aromatic heterocycles. The van der Waals surface area contributed by atoms with Crippen molar-refractivity contribution in [3.63, 3.8) is 0 Å². The molecule has 20 heavy (non-hydrogen) atoms. The molecule has 1 aromatic carbocycles. The third-order valence-electron chi connectivity index (χ3n) is 3.93. The SMILES string of the molecule is O=C(O)N1C[C@@H]2C[C@H]1CN2C(=O)c1cccc(Cl)c1Cl. The number of hydrogen-bond donors (Lipinski definition) is 1. The van der Waals surface area contributed by atoms with Crippen molar-refractivity contribution in [1.82, 2.24) is 9.80 Å². The first-order valence-electron chi connectivity index (χ1n) is 6.23. The molecule has 2 atom stereocenters. The van der Waals surface area contributed by atoms with E-state index in [0.717, 1.165) is 0 Å². The predicted molar refractivity (Wildman–Crippen MR) is 74.4 cm³/mol. The third-order valence-corrected chi connectivity index (χ3v) is 4.75. The molecular weight excluding hydrogens is 303 g/mol. The quantitative estimate of drug-likeness (QED) is 0.866. The van der Waals surface area contributed by atoms with Gasteiger partial charge in [0.2, 0.25) is 0 Å². The molecule has 5 nitrogen and oxygen atoms in total. The lowest BCUT2D eigenvalue weighted by Crippen LogP contribution is -2.50. The van der Waals surface area contributed by atoms with E-state index >= 15 is 0 Å². The first-order chi connectivity index (χ1) is 9.49. The predicted octanol–water partition coefficient (Wildman–Crippen LogP) is 2.57. The third kappa shape index (κ3) is 2.01. The Kier molecular flexibility index (Phi) is 3.26. The van der Waals surface area contributed by atoms with Crippen LogP contribution in [0.4, 0.5) is 4.79 Å². The van der Waals surface area contributed by atoms with Crippen LogP contribution in [0.15, 0.2) is 18.2 Å². The van der Waals surface area contributed by atoms with E-state index in [-0.39, 0.29) is 23.0 Å². The van der Waals surface area contributed by atoms with Crippen molar-refractivity contribution in [3.05, 3.63) is 33.8 Å². The van der Waals surface area contributed by atoms with Crippen LogP contribution in [0.2, 0.25) is 10.0 Å². The molecule has 2 saturated heterocycles. The number of halogens is 2. The summed E-state index contributed by atoms with van der Waals surface area (Å²) in [5, 5.41) is 9.63. The van der Waals surface area contributed by atoms with Crippen LogP contribution in [0.3, 0.4) is 0 Å². The van der Waals surface area contributed by atoms with Crippen molar-refractivity contribution in [1.29, 1.82) is 0 Å². The Bertz CT molecular complexity index is 593. The summed E-state index contributed by atoms with van der Waals surface area (Å²) in [7, 11) is 0. The van der Waals surface area contributed by atoms with Gasteiger partial charge in [-0.15, -0.1) is 0 Å². The lowest BCUT2D eigenvalue weighted by molar-refractivity contribution is 0.0613. The number of piperazine rings is 1. The zero-order chi connectivity index (χ0) is 14.4. The molecule has 3 rings (SSSR count). The van der Waals surface area contributed by atoms with Gasteiger partial charge in [-0.25, -0.2) is 4.79 Å². The summed E-state index contributed by atoms with van der Waals surface area (Å²) < 4.78 is 0. The van der Waals surface area contributed by atoms with Crippen LogP contribution in [0.1, 0.15) is 16.8 Å². The van der Waals surface area contributed by atoms with Gasteiger partial charge in [0.1, 0.15) is 0 Å². The standard InChI is InChI=1S/C13H12Cl2N2O3/c14-10-3-1-2-9(11(10)15)12(18)16-5-8-4-7(16)6-17(8)13(19)20/h1-3,7-8H,4-6H2,(H,19,20)/t7-,8-/m0/s1. The molecule has 0 aliphatic carbocycles. The van der Waals surface area contributed by atoms with E-state index in [0.29, 0.717) is 30.1 Å². The maximum absolute atomic E-state index is 12.5. The minimum atomic E-state index is -0.926. The molecule has 1 aromatic rings. The smallest absolute Gasteiger partial charge is 0.407 e. The summed E-state index contributed by atoms with van der Waals surface area (Å²) in [4.78, 5) is 26.6. The lowest BCUT2D eigenvalue weighted by atomic mass is 10.1. The van der Waals surface area contributed by atoms with Crippen molar-refractivity contribution in [2.45, 2.75) is 18.5 Å². The molecule has 2 aliphatic heterocycles. The monoisotopic (exact) mass is 314 g/mol. The van der Waals surface area contributed by atoms with Crippen molar-refractivity contribution < 1.29 is 14.7 Å². The number of hydrogen-bond acceptors (Lipinski definition) is 2. The topological polar surface area (TPSA) is 60.9 Å². The molecule has 2 heterocycles. The number of fused-ring (bicyclic) bond motifs is 2. The highest BCUT2D eigenvalue weighted by Crippen LogP contribution is 2.34. The van der Waals surface area contributed by atoms with Gasteiger partial charge in [-0.3, -0.25) is 4.79 Å². The van der Waals surface area contributed by atoms with Crippen LogP contribution >= 0.6 is 23.2 Å². The highest BCUT2D eigenvalue weighted by atomic mass is 35.5. The zero-order valence-electron chi connectivity index (χ0n) is 10.4. The maximum atomic E-state index is 12.5. The largest absolute Gasteiger partial charge is 0.465 e. The van der Waals surface area contributed by atoms with Gasteiger partial charge in [0.05, 0.1) is 27.7 Å². The van der Waals surface area contributed by atoms with Crippen LogP contribution in [-0.4, -0.2) is 52.1 Å². The number of amides is 2. The number of carbonyl (C=O) groups excluding carboxylic acids is 1. The average Bonchev–Trinajstić information content (AvgIpc) is 3.01. The fourth-order valence-electron chi connectivity index (χ4n) is 2.97. The van der Waals surface area contributed by atoms with Crippen LogP contribution in [0.5, 0.6) is 0 Å². The van der Waals surface area contributed by atoms with E-state index < -0.39 is 6.09 Å². The summed E-state index contributed by atoms with van der Waals surface area (Å²) in [6.45, 7) is 0.780. The number of likely N-dealkylation sites (tertiary alicyclic amines) is 2. The highest BCUT2D eigenvalue weighted by molar-refractivity contribution is 6.43. The molecule has 0 spiro atoms. The second-order valence-corrected chi connectivity index (χ2v) is 5.82. The summed E-state index contributed by atoms with van der Waals surface area (Å²) in [6.07, 6.45) is -0.235. The molecule has 0 unspecified atom stereocenters. The molecule has 2 aliphatic rings. The fraction of sp³-hybridized carbons (Fsp3) is 0.385. The molecule has 2 bridgehead atoms. The van der Waals surface area contributed by atoms with Gasteiger partial charge in [0, 0.05) is 13.1 Å². The van der Waals surface area contributed by atoms with Crippen molar-refractivity contribution in [2.24, 2.45) is 0 Å². The van der Waals surface area contributed by atoms with E-state index in [9.17, 15) is 9.59 Å². The molecule has 0 saturated carbocycles. The summed E-state index contributed by atoms with van der Waals surface area (Å²) >= 11 is 12.0. The van der Waals surface area contributed by atoms with E-state index in [1.54, 1.807) is 23.1 Å². The molecule has 7 heteroatoms. The second kappa shape index (κ2) is 4.82. The van der Waals surface area contributed by atoms with Crippen LogP contribution in [0.25, 0.3) is 0 Å². The van der Waals surface area contributed by atoms with Crippen LogP contribution in [0, 0.1) is 0 Å². The highest BCUT2D eigenvalue weighted by Gasteiger charge is 2.47. The van der Waals surface area contributed by atoms with E-state index in [2.05, 4.69) is 0 Å². The van der Waals surface area contributed by atoms with Gasteiger partial charge in [-0.05, 0) is 18.6 Å². The van der Waals surface area contributed by atoms with Gasteiger partial charge >= 0.3 is 6.09 Å². The number of nitrogens with zero attached hydrogens (tertiary/aromatic N) is 2. The number of benzene rings is 1. The van der Waals surface area contributed by atoms with Crippen LogP contribution in [-0.2, 0) is 0 Å². The zero-order valence-corrected chi connectivity index (χ0v) is 11.9. The Balaban J connectivity index is 1.81. The molecule has 106 valence electrons. The van der Waals surface area contributed by atoms with Gasteiger partial charge in [0.15, 0.2) is 0 Å². The molecule has 2 fully saturated rings. The number of rotatable bonds is 1. The maximum Gasteiger partial charge on any atom is 0.407 e. The first kappa shape index (κ1) is 13.5. The van der Waals surface area contributed by atoms with Crippen molar-refractivity contribution in [3.8, 4) is 0 Å². The van der Waals surface area contributed by atoms with Gasteiger partial charge in [-0.1, -0.05) is 29.3 Å². The molecule has 0 radical (unpaired) electrons. The Labute approximate surface area is 125 Å². The normalized spacial score (nSPS) is 24.3.